The van der Waals surface area contributed by atoms with E-state index in [1.54, 1.807) is 6.92 Å². The Kier molecular flexibility index (Phi) is 3.49. The lowest BCUT2D eigenvalue weighted by atomic mass is 9.81. The molecule has 0 saturated carbocycles. The van der Waals surface area contributed by atoms with Gasteiger partial charge >= 0.3 is 6.09 Å². The van der Waals surface area contributed by atoms with Gasteiger partial charge in [-0.25, -0.2) is 13.6 Å². The van der Waals surface area contributed by atoms with Gasteiger partial charge in [-0.05, 0) is 6.42 Å². The van der Waals surface area contributed by atoms with Gasteiger partial charge in [-0.1, -0.05) is 6.92 Å². The summed E-state index contributed by atoms with van der Waals surface area (Å²) in [5.74, 6) is -2.79. The van der Waals surface area contributed by atoms with E-state index in [9.17, 15) is 13.6 Å². The van der Waals surface area contributed by atoms with Crippen molar-refractivity contribution >= 4 is 6.09 Å². The van der Waals surface area contributed by atoms with Crippen LogP contribution in [0.15, 0.2) is 0 Å². The molecule has 0 aliphatic carbocycles. The molecular weight excluding hydrogens is 206 g/mol. The van der Waals surface area contributed by atoms with Crippen LogP contribution in [0.1, 0.15) is 13.3 Å². The molecule has 88 valence electrons. The number of rotatable bonds is 3. The normalized spacial score (nSPS) is 28.8. The highest BCUT2D eigenvalue weighted by molar-refractivity contribution is 5.66. The number of alkyl halides is 2. The zero-order chi connectivity index (χ0) is 11.5. The highest BCUT2D eigenvalue weighted by Gasteiger charge is 2.55. The van der Waals surface area contributed by atoms with E-state index < -0.39 is 17.4 Å². The van der Waals surface area contributed by atoms with Crippen LogP contribution in [-0.2, 0) is 4.74 Å². The SMILES string of the molecule is CCC1(CNC(=O)OC)CNCC1(F)F. The van der Waals surface area contributed by atoms with Gasteiger partial charge in [0.15, 0.2) is 0 Å². The lowest BCUT2D eigenvalue weighted by molar-refractivity contribution is -0.0831. The highest BCUT2D eigenvalue weighted by Crippen LogP contribution is 2.42. The number of hydrogen-bond donors (Lipinski definition) is 2. The fraction of sp³-hybridized carbons (Fsp3) is 0.889. The Morgan fingerprint density at radius 3 is 2.60 bits per heavy atom. The summed E-state index contributed by atoms with van der Waals surface area (Å²) in [6, 6.07) is 0. The molecule has 0 aromatic carbocycles. The average molecular weight is 222 g/mol. The molecule has 0 aromatic rings. The molecule has 4 nitrogen and oxygen atoms in total. The Morgan fingerprint density at radius 2 is 2.20 bits per heavy atom. The molecule has 6 heteroatoms. The first-order chi connectivity index (χ1) is 6.97. The first-order valence-corrected chi connectivity index (χ1v) is 4.88. The summed E-state index contributed by atoms with van der Waals surface area (Å²) in [5, 5.41) is 4.99. The van der Waals surface area contributed by atoms with Crippen molar-refractivity contribution in [2.75, 3.05) is 26.7 Å². The molecule has 1 atom stereocenters. The van der Waals surface area contributed by atoms with Gasteiger partial charge < -0.3 is 15.4 Å². The molecule has 0 aromatic heterocycles. The van der Waals surface area contributed by atoms with Gasteiger partial charge in [-0.2, -0.15) is 0 Å². The Labute approximate surface area is 87.4 Å². The van der Waals surface area contributed by atoms with E-state index in [0.717, 1.165) is 0 Å². The predicted molar refractivity (Wildman–Crippen MR) is 50.9 cm³/mol. The minimum absolute atomic E-state index is 0.0732. The number of hydrogen-bond acceptors (Lipinski definition) is 3. The van der Waals surface area contributed by atoms with E-state index in [4.69, 9.17) is 0 Å². The van der Waals surface area contributed by atoms with Crippen molar-refractivity contribution < 1.29 is 18.3 Å². The molecule has 1 aliphatic heterocycles. The molecule has 1 heterocycles. The van der Waals surface area contributed by atoms with Crippen molar-refractivity contribution in [1.82, 2.24) is 10.6 Å². The van der Waals surface area contributed by atoms with Gasteiger partial charge in [0.25, 0.3) is 5.92 Å². The van der Waals surface area contributed by atoms with Crippen molar-refractivity contribution in [2.45, 2.75) is 19.3 Å². The molecule has 1 aliphatic rings. The van der Waals surface area contributed by atoms with Gasteiger partial charge in [0.2, 0.25) is 0 Å². The Hall–Kier alpha value is -0.910. The van der Waals surface area contributed by atoms with E-state index >= 15 is 0 Å². The van der Waals surface area contributed by atoms with Gasteiger partial charge in [-0.15, -0.1) is 0 Å². The molecule has 1 unspecified atom stereocenters. The molecule has 0 spiro atoms. The summed E-state index contributed by atoms with van der Waals surface area (Å²) < 4.78 is 31.5. The third-order valence-electron chi connectivity index (χ3n) is 3.02. The molecule has 0 bridgehead atoms. The summed E-state index contributed by atoms with van der Waals surface area (Å²) in [4.78, 5) is 10.8. The molecule has 15 heavy (non-hydrogen) atoms. The maximum absolute atomic E-state index is 13.6. The molecular formula is C9H16F2N2O2. The molecule has 0 radical (unpaired) electrons. The highest BCUT2D eigenvalue weighted by atomic mass is 19.3. The molecule has 2 N–H and O–H groups in total. The van der Waals surface area contributed by atoms with Gasteiger partial charge in [0.1, 0.15) is 0 Å². The summed E-state index contributed by atoms with van der Waals surface area (Å²) in [5.41, 5.74) is -1.19. The summed E-state index contributed by atoms with van der Waals surface area (Å²) in [6.07, 6.45) is -0.373. The van der Waals surface area contributed by atoms with E-state index in [0.29, 0.717) is 6.42 Å². The number of methoxy groups -OCH3 is 1. The number of halogens is 2. The minimum Gasteiger partial charge on any atom is -0.453 e. The Bertz CT molecular complexity index is 248. The van der Waals surface area contributed by atoms with Crippen LogP contribution in [0.3, 0.4) is 0 Å². The Morgan fingerprint density at radius 1 is 1.53 bits per heavy atom. The number of carbonyl (C=O) groups excluding carboxylic acids is 1. The van der Waals surface area contributed by atoms with Crippen molar-refractivity contribution in [2.24, 2.45) is 5.41 Å². The first-order valence-electron chi connectivity index (χ1n) is 4.88. The number of carbonyl (C=O) groups is 1. The van der Waals surface area contributed by atoms with Crippen molar-refractivity contribution in [1.29, 1.82) is 0 Å². The van der Waals surface area contributed by atoms with E-state index in [1.165, 1.54) is 7.11 Å². The molecule has 1 fully saturated rings. The lowest BCUT2D eigenvalue weighted by Gasteiger charge is -2.32. The van der Waals surface area contributed by atoms with Crippen molar-refractivity contribution in [3.05, 3.63) is 0 Å². The number of ether oxygens (including phenoxy) is 1. The van der Waals surface area contributed by atoms with Crippen LogP contribution in [0.25, 0.3) is 0 Å². The molecule has 1 rings (SSSR count). The van der Waals surface area contributed by atoms with Crippen LogP contribution < -0.4 is 10.6 Å². The number of amides is 1. The summed E-state index contributed by atoms with van der Waals surface area (Å²) >= 11 is 0. The predicted octanol–water partition coefficient (Wildman–Crippen LogP) is 0.977. The zero-order valence-electron chi connectivity index (χ0n) is 8.90. The third kappa shape index (κ3) is 2.19. The molecule has 1 amide bonds. The van der Waals surface area contributed by atoms with Crippen LogP contribution in [0.4, 0.5) is 13.6 Å². The fourth-order valence-electron chi connectivity index (χ4n) is 1.79. The minimum atomic E-state index is -2.79. The van der Waals surface area contributed by atoms with Crippen LogP contribution in [0.5, 0.6) is 0 Å². The zero-order valence-corrected chi connectivity index (χ0v) is 8.90. The van der Waals surface area contributed by atoms with Crippen LogP contribution in [0, 0.1) is 5.41 Å². The van der Waals surface area contributed by atoms with Gasteiger partial charge in [-0.3, -0.25) is 0 Å². The second-order valence-corrected chi connectivity index (χ2v) is 3.79. The smallest absolute Gasteiger partial charge is 0.406 e. The Balaban J connectivity index is 2.65. The van der Waals surface area contributed by atoms with E-state index in [2.05, 4.69) is 15.4 Å². The first kappa shape index (κ1) is 12.2. The largest absolute Gasteiger partial charge is 0.453 e. The number of alkyl carbamates (subject to hydrolysis) is 1. The lowest BCUT2D eigenvalue weighted by Crippen LogP contribution is -2.48. The standard InChI is InChI=1S/C9H16F2N2O2/c1-3-8(5-13-7(14)15-2)4-12-6-9(8,10)11/h12H,3-6H2,1-2H3,(H,13,14). The average Bonchev–Trinajstić information content (AvgIpc) is 2.50. The van der Waals surface area contributed by atoms with Crippen LogP contribution in [-0.4, -0.2) is 38.8 Å². The van der Waals surface area contributed by atoms with Crippen LogP contribution >= 0.6 is 0 Å². The van der Waals surface area contributed by atoms with Crippen LogP contribution in [0.2, 0.25) is 0 Å². The topological polar surface area (TPSA) is 50.4 Å². The second-order valence-electron chi connectivity index (χ2n) is 3.79. The maximum Gasteiger partial charge on any atom is 0.406 e. The maximum atomic E-state index is 13.6. The summed E-state index contributed by atoms with van der Waals surface area (Å²) in [7, 11) is 1.21. The van der Waals surface area contributed by atoms with Gasteiger partial charge in [0, 0.05) is 13.1 Å². The quantitative estimate of drug-likeness (QED) is 0.748. The second kappa shape index (κ2) is 4.30. The summed E-state index contributed by atoms with van der Waals surface area (Å²) in [6.45, 7) is 1.50. The fourth-order valence-corrected chi connectivity index (χ4v) is 1.79. The third-order valence-corrected chi connectivity index (χ3v) is 3.02. The van der Waals surface area contributed by atoms with Crippen molar-refractivity contribution in [3.63, 3.8) is 0 Å². The van der Waals surface area contributed by atoms with E-state index in [1.807, 2.05) is 0 Å². The van der Waals surface area contributed by atoms with Crippen molar-refractivity contribution in [3.8, 4) is 0 Å². The molecule has 1 saturated heterocycles. The van der Waals surface area contributed by atoms with Gasteiger partial charge in [0.05, 0.1) is 19.1 Å². The van der Waals surface area contributed by atoms with E-state index in [-0.39, 0.29) is 19.6 Å². The monoisotopic (exact) mass is 222 g/mol. The number of nitrogens with one attached hydrogen (secondary N) is 2.